The van der Waals surface area contributed by atoms with Gasteiger partial charge in [0.1, 0.15) is 0 Å². The Labute approximate surface area is 49.8 Å². The van der Waals surface area contributed by atoms with Gasteiger partial charge in [-0.25, -0.2) is 4.79 Å². The Bertz CT molecular complexity index is 355. The molecule has 1 rings (SSSR count). The standard InChI is InChI=1S/C4H3FN2O2/c5-2-1-6-4(9)7-3(2)8/h1H,(H2,6,7,8,9)/i1D. The zero-order chi connectivity index (χ0) is 7.72. The van der Waals surface area contributed by atoms with E-state index in [4.69, 9.17) is 1.37 Å². The van der Waals surface area contributed by atoms with Crippen molar-refractivity contribution in [3.63, 3.8) is 0 Å². The summed E-state index contributed by atoms with van der Waals surface area (Å²) >= 11 is 0. The minimum atomic E-state index is -1.28. The van der Waals surface area contributed by atoms with Gasteiger partial charge in [0.2, 0.25) is 5.82 Å². The van der Waals surface area contributed by atoms with E-state index >= 15 is 0 Å². The predicted octanol–water partition coefficient (Wildman–Crippen LogP) is -0.798. The molecule has 0 spiro atoms. The average molecular weight is 131 g/mol. The Morgan fingerprint density at radius 1 is 1.67 bits per heavy atom. The van der Waals surface area contributed by atoms with Crippen LogP contribution in [0.25, 0.3) is 0 Å². The monoisotopic (exact) mass is 131 g/mol. The fraction of sp³-hybridized carbons (Fsp3) is 0. The number of H-pyrrole nitrogens is 2. The molecular weight excluding hydrogens is 127 g/mol. The molecule has 9 heavy (non-hydrogen) atoms. The molecule has 0 bridgehead atoms. The smallest absolute Gasteiger partial charge is 0.311 e. The van der Waals surface area contributed by atoms with Crippen molar-refractivity contribution < 1.29 is 5.76 Å². The molecule has 0 fully saturated rings. The summed E-state index contributed by atoms with van der Waals surface area (Å²) in [7, 11) is 0. The van der Waals surface area contributed by atoms with Crippen LogP contribution in [0.15, 0.2) is 15.8 Å². The van der Waals surface area contributed by atoms with Crippen LogP contribution in [-0.4, -0.2) is 9.97 Å². The van der Waals surface area contributed by atoms with Gasteiger partial charge in [-0.3, -0.25) is 9.78 Å². The van der Waals surface area contributed by atoms with E-state index in [-0.39, 0.29) is 0 Å². The van der Waals surface area contributed by atoms with E-state index in [2.05, 4.69) is 0 Å². The molecule has 0 aliphatic heterocycles. The molecular formula is C4H3FN2O2. The zero-order valence-corrected chi connectivity index (χ0v) is 4.19. The van der Waals surface area contributed by atoms with Gasteiger partial charge in [-0.15, -0.1) is 0 Å². The highest BCUT2D eigenvalue weighted by Gasteiger charge is 1.93. The van der Waals surface area contributed by atoms with Crippen molar-refractivity contribution >= 4 is 0 Å². The molecule has 1 heterocycles. The lowest BCUT2D eigenvalue weighted by atomic mass is 10.6. The van der Waals surface area contributed by atoms with Gasteiger partial charge in [0.25, 0.3) is 5.56 Å². The molecule has 1 aromatic rings. The van der Waals surface area contributed by atoms with Crippen LogP contribution in [0.1, 0.15) is 1.37 Å². The minimum absolute atomic E-state index is 0.797. The Morgan fingerprint density at radius 2 is 2.33 bits per heavy atom. The first kappa shape index (κ1) is 4.49. The molecule has 48 valence electrons. The van der Waals surface area contributed by atoms with Crippen molar-refractivity contribution in [2.75, 3.05) is 0 Å². The lowest BCUT2D eigenvalue weighted by Crippen LogP contribution is -2.23. The summed E-state index contributed by atoms with van der Waals surface area (Å²) in [5, 5.41) is 0. The van der Waals surface area contributed by atoms with E-state index in [1.54, 1.807) is 9.97 Å². The average Bonchev–Trinajstić information content (AvgIpc) is 1.82. The van der Waals surface area contributed by atoms with Crippen molar-refractivity contribution in [3.8, 4) is 0 Å². The van der Waals surface area contributed by atoms with Gasteiger partial charge in [-0.1, -0.05) is 0 Å². The first-order valence-corrected chi connectivity index (χ1v) is 2.10. The molecule has 0 unspecified atom stereocenters. The number of hydrogen-bond acceptors (Lipinski definition) is 2. The molecule has 0 atom stereocenters. The quantitative estimate of drug-likeness (QED) is 0.484. The maximum atomic E-state index is 12.2. The topological polar surface area (TPSA) is 65.7 Å². The van der Waals surface area contributed by atoms with Crippen molar-refractivity contribution in [3.05, 3.63) is 32.8 Å². The molecule has 2 N–H and O–H groups in total. The molecule has 0 saturated heterocycles. The summed E-state index contributed by atoms with van der Waals surface area (Å²) in [5.74, 6) is -1.28. The Kier molecular flexibility index (Phi) is 0.921. The van der Waals surface area contributed by atoms with Crippen LogP contribution in [0.5, 0.6) is 0 Å². The summed E-state index contributed by atoms with van der Waals surface area (Å²) in [5.41, 5.74) is -2.05. The third-order valence-corrected chi connectivity index (χ3v) is 0.712. The number of hydrogen-bond donors (Lipinski definition) is 2. The third-order valence-electron chi connectivity index (χ3n) is 0.712. The highest BCUT2D eigenvalue weighted by molar-refractivity contribution is 4.83. The van der Waals surface area contributed by atoms with Gasteiger partial charge >= 0.3 is 5.69 Å². The Balaban J connectivity index is 3.62. The van der Waals surface area contributed by atoms with Crippen LogP contribution in [-0.2, 0) is 0 Å². The molecule has 4 nitrogen and oxygen atoms in total. The Morgan fingerprint density at radius 3 is 2.89 bits per heavy atom. The molecule has 0 aromatic carbocycles. The summed E-state index contributed by atoms with van der Waals surface area (Å²) < 4.78 is 18.9. The van der Waals surface area contributed by atoms with Crippen LogP contribution in [0.4, 0.5) is 4.39 Å². The number of nitrogens with one attached hydrogen (secondary N) is 2. The number of halogens is 1. The summed E-state index contributed by atoms with van der Waals surface area (Å²) in [4.78, 5) is 23.9. The summed E-state index contributed by atoms with van der Waals surface area (Å²) in [6.07, 6.45) is -0.797. The third kappa shape index (κ3) is 1.04. The second kappa shape index (κ2) is 1.85. The first-order chi connectivity index (χ1) is 4.61. The van der Waals surface area contributed by atoms with Crippen molar-refractivity contribution in [1.29, 1.82) is 0 Å². The van der Waals surface area contributed by atoms with E-state index < -0.39 is 23.2 Å². The van der Waals surface area contributed by atoms with Gasteiger partial charge in [0, 0.05) is 6.17 Å². The second-order valence-electron chi connectivity index (χ2n) is 1.35. The van der Waals surface area contributed by atoms with Gasteiger partial charge < -0.3 is 4.98 Å². The molecule has 0 saturated carbocycles. The van der Waals surface area contributed by atoms with Crippen LogP contribution in [0, 0.1) is 5.82 Å². The number of aromatic amines is 2. The molecule has 0 aliphatic carbocycles. The van der Waals surface area contributed by atoms with E-state index in [0.717, 1.165) is 0 Å². The maximum absolute atomic E-state index is 12.2. The van der Waals surface area contributed by atoms with E-state index in [0.29, 0.717) is 0 Å². The zero-order valence-electron chi connectivity index (χ0n) is 5.19. The van der Waals surface area contributed by atoms with Crippen molar-refractivity contribution in [1.82, 2.24) is 9.97 Å². The van der Waals surface area contributed by atoms with Gasteiger partial charge in [-0.05, 0) is 0 Å². The van der Waals surface area contributed by atoms with E-state index in [1.165, 1.54) is 0 Å². The second-order valence-corrected chi connectivity index (χ2v) is 1.35. The molecule has 5 heteroatoms. The molecule has 1 aromatic heterocycles. The normalized spacial score (nSPS) is 11.0. The largest absolute Gasteiger partial charge is 0.325 e. The highest BCUT2D eigenvalue weighted by Crippen LogP contribution is 1.74. The van der Waals surface area contributed by atoms with Gasteiger partial charge in [0.05, 0.1) is 1.37 Å². The van der Waals surface area contributed by atoms with E-state index in [9.17, 15) is 14.0 Å². The van der Waals surface area contributed by atoms with Crippen molar-refractivity contribution in [2.24, 2.45) is 0 Å². The van der Waals surface area contributed by atoms with Crippen LogP contribution in [0.2, 0.25) is 0 Å². The van der Waals surface area contributed by atoms with Gasteiger partial charge in [0.15, 0.2) is 0 Å². The molecule has 0 amide bonds. The van der Waals surface area contributed by atoms with Gasteiger partial charge in [-0.2, -0.15) is 4.39 Å². The maximum Gasteiger partial charge on any atom is 0.325 e. The molecule has 0 aliphatic rings. The number of rotatable bonds is 0. The van der Waals surface area contributed by atoms with Crippen LogP contribution >= 0.6 is 0 Å². The van der Waals surface area contributed by atoms with Crippen LogP contribution in [0.3, 0.4) is 0 Å². The summed E-state index contributed by atoms with van der Waals surface area (Å²) in [6, 6.07) is 0. The van der Waals surface area contributed by atoms with Crippen molar-refractivity contribution in [2.45, 2.75) is 0 Å². The lowest BCUT2D eigenvalue weighted by molar-refractivity contribution is 0.597. The van der Waals surface area contributed by atoms with Crippen LogP contribution < -0.4 is 11.2 Å². The fourth-order valence-electron chi connectivity index (χ4n) is 0.358. The minimum Gasteiger partial charge on any atom is -0.311 e. The molecule has 0 radical (unpaired) electrons. The fourth-order valence-corrected chi connectivity index (χ4v) is 0.358. The number of aromatic nitrogens is 2. The first-order valence-electron chi connectivity index (χ1n) is 2.60. The SMILES string of the molecule is [2H]c1[nH]c(=O)[nH]c(=O)c1F. The highest BCUT2D eigenvalue weighted by atomic mass is 19.1. The predicted molar refractivity (Wildman–Crippen MR) is 27.6 cm³/mol. The summed E-state index contributed by atoms with van der Waals surface area (Å²) in [6.45, 7) is 0. The Hall–Kier alpha value is -1.39. The lowest BCUT2D eigenvalue weighted by Gasteiger charge is -1.81. The van der Waals surface area contributed by atoms with E-state index in [1.807, 2.05) is 0 Å².